The fraction of sp³-hybridized carbons (Fsp3) is 0.250. The van der Waals surface area contributed by atoms with Crippen LogP contribution in [0.4, 0.5) is 11.4 Å². The molecular formula is C28H28ClN5O4S. The lowest BCUT2D eigenvalue weighted by atomic mass is 10.1. The van der Waals surface area contributed by atoms with Crippen molar-refractivity contribution in [3.8, 4) is 0 Å². The summed E-state index contributed by atoms with van der Waals surface area (Å²) in [6.07, 6.45) is 2.83. The number of aryl methyl sites for hydroxylation is 1. The molecule has 4 rings (SSSR count). The van der Waals surface area contributed by atoms with Gasteiger partial charge in [0.05, 0.1) is 11.5 Å². The van der Waals surface area contributed by atoms with E-state index in [1.807, 2.05) is 24.3 Å². The van der Waals surface area contributed by atoms with Gasteiger partial charge in [-0.3, -0.25) is 10.1 Å². The summed E-state index contributed by atoms with van der Waals surface area (Å²) in [4.78, 5) is 22.5. The Hall–Kier alpha value is -3.89. The minimum Gasteiger partial charge on any atom is -0.479 e. The Bertz CT molecular complexity index is 1430. The van der Waals surface area contributed by atoms with Crippen molar-refractivity contribution in [1.29, 1.82) is 0 Å². The molecule has 0 spiro atoms. The molecule has 1 unspecified atom stereocenters. The molecule has 39 heavy (non-hydrogen) atoms. The van der Waals surface area contributed by atoms with Crippen LogP contribution in [0, 0.1) is 10.1 Å². The molecule has 0 saturated carbocycles. The number of nitro benzene ring substituents is 1. The van der Waals surface area contributed by atoms with Gasteiger partial charge in [0.15, 0.2) is 11.2 Å². The topological polar surface area (TPSA) is 123 Å². The molecule has 1 heterocycles. The van der Waals surface area contributed by atoms with Gasteiger partial charge in [0.1, 0.15) is 5.82 Å². The molecule has 3 aromatic carbocycles. The first-order valence-corrected chi connectivity index (χ1v) is 13.8. The Morgan fingerprint density at radius 2 is 1.77 bits per heavy atom. The minimum absolute atomic E-state index is 0.0632. The van der Waals surface area contributed by atoms with Crippen LogP contribution in [0.15, 0.2) is 78.0 Å². The van der Waals surface area contributed by atoms with Crippen molar-refractivity contribution >= 4 is 40.7 Å². The van der Waals surface area contributed by atoms with E-state index in [1.165, 1.54) is 23.9 Å². The zero-order chi connectivity index (χ0) is 27.8. The van der Waals surface area contributed by atoms with Gasteiger partial charge in [0, 0.05) is 40.6 Å². The second-order valence-corrected chi connectivity index (χ2v) is 10.3. The summed E-state index contributed by atoms with van der Waals surface area (Å²) >= 11 is 7.77. The number of aliphatic carboxylic acids is 1. The Morgan fingerprint density at radius 3 is 2.41 bits per heavy atom. The maximum absolute atomic E-state index is 11.9. The van der Waals surface area contributed by atoms with Gasteiger partial charge in [-0.05, 0) is 35.7 Å². The van der Waals surface area contributed by atoms with Crippen molar-refractivity contribution in [3.05, 3.63) is 110 Å². The lowest BCUT2D eigenvalue weighted by Gasteiger charge is -2.18. The van der Waals surface area contributed by atoms with Crippen molar-refractivity contribution in [2.75, 3.05) is 5.32 Å². The second kappa shape index (κ2) is 13.3. The third-order valence-corrected chi connectivity index (χ3v) is 7.51. The maximum Gasteiger partial charge on any atom is 0.330 e. The zero-order valence-corrected chi connectivity index (χ0v) is 22.9. The van der Waals surface area contributed by atoms with Gasteiger partial charge in [-0.15, -0.1) is 10.2 Å². The fourth-order valence-electron chi connectivity index (χ4n) is 4.00. The normalized spacial score (nSPS) is 11.7. The highest BCUT2D eigenvalue weighted by molar-refractivity contribution is 7.98. The molecule has 2 N–H and O–H groups in total. The number of nitrogens with zero attached hydrogens (tertiary/aromatic N) is 4. The van der Waals surface area contributed by atoms with Crippen LogP contribution in [0.5, 0.6) is 0 Å². The van der Waals surface area contributed by atoms with E-state index in [0.717, 1.165) is 41.4 Å². The first-order chi connectivity index (χ1) is 18.9. The highest BCUT2D eigenvalue weighted by atomic mass is 35.5. The quantitative estimate of drug-likeness (QED) is 0.103. The summed E-state index contributed by atoms with van der Waals surface area (Å²) < 4.78 is 2.10. The number of nitro groups is 1. The number of non-ortho nitro benzene ring substituents is 1. The first-order valence-electron chi connectivity index (χ1n) is 12.5. The Kier molecular flexibility index (Phi) is 9.56. The molecule has 0 aliphatic rings. The highest BCUT2D eigenvalue weighted by Crippen LogP contribution is 2.28. The van der Waals surface area contributed by atoms with Gasteiger partial charge >= 0.3 is 5.97 Å². The van der Waals surface area contributed by atoms with Crippen LogP contribution in [0.1, 0.15) is 48.3 Å². The number of benzene rings is 3. The van der Waals surface area contributed by atoms with Crippen molar-refractivity contribution in [1.82, 2.24) is 14.8 Å². The molecule has 11 heteroatoms. The molecular weight excluding hydrogens is 538 g/mol. The average molecular weight is 566 g/mol. The summed E-state index contributed by atoms with van der Waals surface area (Å²) in [5.41, 5.74) is 3.19. The van der Waals surface area contributed by atoms with E-state index in [4.69, 9.17) is 11.6 Å². The predicted molar refractivity (Wildman–Crippen MR) is 152 cm³/mol. The van der Waals surface area contributed by atoms with Crippen molar-refractivity contribution < 1.29 is 14.8 Å². The lowest BCUT2D eigenvalue weighted by molar-refractivity contribution is -0.384. The van der Waals surface area contributed by atoms with Gasteiger partial charge in [-0.2, -0.15) is 0 Å². The number of unbranched alkanes of at least 4 members (excludes halogenated alkanes) is 1. The number of halogens is 1. The number of aromatic nitrogens is 3. The van der Waals surface area contributed by atoms with Gasteiger partial charge in [-0.25, -0.2) is 4.79 Å². The van der Waals surface area contributed by atoms with Crippen LogP contribution in [0.3, 0.4) is 0 Å². The highest BCUT2D eigenvalue weighted by Gasteiger charge is 2.22. The number of anilines is 1. The molecule has 0 fully saturated rings. The van der Waals surface area contributed by atoms with Crippen LogP contribution in [0.2, 0.25) is 5.02 Å². The monoisotopic (exact) mass is 565 g/mol. The first kappa shape index (κ1) is 28.1. The zero-order valence-electron chi connectivity index (χ0n) is 21.3. The number of thioether (sulfide) groups is 1. The lowest BCUT2D eigenvalue weighted by Crippen LogP contribution is -2.20. The molecule has 0 saturated heterocycles. The van der Waals surface area contributed by atoms with Crippen molar-refractivity contribution in [2.24, 2.45) is 0 Å². The number of hydrogen-bond acceptors (Lipinski definition) is 7. The van der Waals surface area contributed by atoms with E-state index < -0.39 is 16.9 Å². The Labute approximate surface area is 235 Å². The molecule has 0 amide bonds. The van der Waals surface area contributed by atoms with E-state index in [0.29, 0.717) is 28.6 Å². The van der Waals surface area contributed by atoms with Crippen molar-refractivity contribution in [3.63, 3.8) is 0 Å². The van der Waals surface area contributed by atoms with E-state index in [1.54, 1.807) is 36.4 Å². The standard InChI is InChI=1S/C28H28ClN5O4S/c1-2-3-8-25-31-32-28(39-18-20-11-15-22(16-12-20)34(37)38)33(25)17-19-9-13-21(14-10-19)30-26(27(35)36)23-6-4-5-7-24(23)29/h4-7,9-16,26,30H,2-3,8,17-18H2,1H3,(H,35,36). The molecule has 4 aromatic rings. The second-order valence-electron chi connectivity index (χ2n) is 8.93. The average Bonchev–Trinajstić information content (AvgIpc) is 3.31. The number of carbonyl (C=O) groups is 1. The Balaban J connectivity index is 1.49. The number of carboxylic acid groups (broad SMARTS) is 1. The molecule has 0 bridgehead atoms. The molecule has 1 atom stereocenters. The van der Waals surface area contributed by atoms with Crippen LogP contribution in [-0.2, 0) is 23.5 Å². The van der Waals surface area contributed by atoms with Crippen molar-refractivity contribution in [2.45, 2.75) is 49.7 Å². The maximum atomic E-state index is 11.9. The van der Waals surface area contributed by atoms with Crippen LogP contribution in [0.25, 0.3) is 0 Å². The van der Waals surface area contributed by atoms with E-state index in [9.17, 15) is 20.0 Å². The van der Waals surface area contributed by atoms with E-state index in [2.05, 4.69) is 27.0 Å². The van der Waals surface area contributed by atoms with E-state index in [-0.39, 0.29) is 5.69 Å². The van der Waals surface area contributed by atoms with Gasteiger partial charge in [-0.1, -0.05) is 79.2 Å². The van der Waals surface area contributed by atoms with Gasteiger partial charge in [0.2, 0.25) is 0 Å². The molecule has 0 radical (unpaired) electrons. The Morgan fingerprint density at radius 1 is 1.08 bits per heavy atom. The van der Waals surface area contributed by atoms with E-state index >= 15 is 0 Å². The van der Waals surface area contributed by atoms with Crippen LogP contribution < -0.4 is 5.32 Å². The molecule has 0 aliphatic carbocycles. The minimum atomic E-state index is -1.02. The summed E-state index contributed by atoms with van der Waals surface area (Å²) in [5, 5.41) is 33.8. The smallest absolute Gasteiger partial charge is 0.330 e. The van der Waals surface area contributed by atoms with Gasteiger partial charge < -0.3 is 15.0 Å². The predicted octanol–water partition coefficient (Wildman–Crippen LogP) is 6.76. The summed E-state index contributed by atoms with van der Waals surface area (Å²) in [5.74, 6) is 0.479. The third-order valence-electron chi connectivity index (χ3n) is 6.13. The SMILES string of the molecule is CCCCc1nnc(SCc2ccc([N+](=O)[O-])cc2)n1Cc1ccc(NC(C(=O)O)c2ccccc2Cl)cc1. The molecule has 1 aromatic heterocycles. The summed E-state index contributed by atoms with van der Waals surface area (Å²) in [6.45, 7) is 2.69. The third kappa shape index (κ3) is 7.36. The molecule has 202 valence electrons. The number of rotatable bonds is 13. The van der Waals surface area contributed by atoms with Gasteiger partial charge in [0.25, 0.3) is 5.69 Å². The number of hydrogen-bond donors (Lipinski definition) is 2. The summed E-state index contributed by atoms with van der Waals surface area (Å²) in [6, 6.07) is 20.0. The van der Waals surface area contributed by atoms with Crippen LogP contribution >= 0.6 is 23.4 Å². The fourth-order valence-corrected chi connectivity index (χ4v) is 5.16. The number of nitrogens with one attached hydrogen (secondary N) is 1. The molecule has 9 nitrogen and oxygen atoms in total. The summed E-state index contributed by atoms with van der Waals surface area (Å²) in [7, 11) is 0. The molecule has 0 aliphatic heterocycles. The number of carboxylic acids is 1. The van der Waals surface area contributed by atoms with Crippen LogP contribution in [-0.4, -0.2) is 30.8 Å². The largest absolute Gasteiger partial charge is 0.479 e.